The smallest absolute Gasteiger partial charge is 0.204 e. The molecule has 2 aromatic carbocycles. The van der Waals surface area contributed by atoms with E-state index in [0.717, 1.165) is 10.9 Å². The Labute approximate surface area is 143 Å². The van der Waals surface area contributed by atoms with Gasteiger partial charge in [-0.1, -0.05) is 41.9 Å². The first-order chi connectivity index (χ1) is 11.5. The number of Topliss-reactive ketones (excluding diaryl/α,β-unsaturated/α-hetero) is 2. The zero-order chi connectivity index (χ0) is 17.3. The zero-order valence-electron chi connectivity index (χ0n) is 12.9. The third-order valence-electron chi connectivity index (χ3n) is 3.97. The summed E-state index contributed by atoms with van der Waals surface area (Å²) < 4.78 is 1.70. The van der Waals surface area contributed by atoms with Gasteiger partial charge in [0.2, 0.25) is 5.78 Å². The van der Waals surface area contributed by atoms with Gasteiger partial charge in [0.25, 0.3) is 0 Å². The standard InChI is InChI=1S/C19H13ClN2O2/c1-22-16-8-3-2-5-12(16)10-17(22)19(24)15(11-21)18(23)13-6-4-7-14(20)9-13/h2-10,15H,1H3/t15-/m0/s1. The lowest BCUT2D eigenvalue weighted by molar-refractivity contribution is 0.0841. The van der Waals surface area contributed by atoms with E-state index in [1.165, 1.54) is 6.07 Å². The molecule has 4 nitrogen and oxygen atoms in total. The number of fused-ring (bicyclic) bond motifs is 1. The number of nitrogens with zero attached hydrogens (tertiary/aromatic N) is 2. The maximum Gasteiger partial charge on any atom is 0.204 e. The van der Waals surface area contributed by atoms with Crippen LogP contribution in [0.2, 0.25) is 5.02 Å². The SMILES string of the molecule is Cn1c(C(=O)[C@@H](C#N)C(=O)c2cccc(Cl)c2)cc2ccccc21. The number of aryl methyl sites for hydroxylation is 1. The Hall–Kier alpha value is -2.90. The molecule has 0 amide bonds. The van der Waals surface area contributed by atoms with Crippen molar-refractivity contribution in [2.45, 2.75) is 0 Å². The zero-order valence-corrected chi connectivity index (χ0v) is 13.6. The summed E-state index contributed by atoms with van der Waals surface area (Å²) in [4.78, 5) is 25.3. The maximum absolute atomic E-state index is 12.8. The fourth-order valence-corrected chi connectivity index (χ4v) is 2.91. The molecule has 0 bridgehead atoms. The van der Waals surface area contributed by atoms with Crippen molar-refractivity contribution in [2.24, 2.45) is 13.0 Å². The largest absolute Gasteiger partial charge is 0.341 e. The van der Waals surface area contributed by atoms with Crippen LogP contribution in [-0.2, 0) is 7.05 Å². The minimum atomic E-state index is -1.40. The van der Waals surface area contributed by atoms with E-state index in [1.54, 1.807) is 35.9 Å². The van der Waals surface area contributed by atoms with Gasteiger partial charge >= 0.3 is 0 Å². The molecule has 1 heterocycles. The fraction of sp³-hybridized carbons (Fsp3) is 0.105. The molecule has 1 atom stereocenters. The lowest BCUT2D eigenvalue weighted by Crippen LogP contribution is -2.24. The molecular formula is C19H13ClN2O2. The predicted molar refractivity (Wildman–Crippen MR) is 92.1 cm³/mol. The highest BCUT2D eigenvalue weighted by Crippen LogP contribution is 2.23. The molecule has 0 fully saturated rings. The lowest BCUT2D eigenvalue weighted by atomic mass is 9.93. The second-order valence-corrected chi connectivity index (χ2v) is 5.88. The van der Waals surface area contributed by atoms with E-state index in [2.05, 4.69) is 0 Å². The summed E-state index contributed by atoms with van der Waals surface area (Å²) in [7, 11) is 1.74. The molecule has 1 aromatic heterocycles. The van der Waals surface area contributed by atoms with Gasteiger partial charge in [0.05, 0.1) is 11.8 Å². The second-order valence-electron chi connectivity index (χ2n) is 5.45. The molecule has 0 saturated carbocycles. The molecule has 0 aliphatic rings. The number of para-hydroxylation sites is 1. The van der Waals surface area contributed by atoms with Crippen molar-refractivity contribution in [1.82, 2.24) is 4.57 Å². The molecular weight excluding hydrogens is 324 g/mol. The number of nitriles is 1. The summed E-state index contributed by atoms with van der Waals surface area (Å²) >= 11 is 5.89. The molecule has 0 aliphatic heterocycles. The Morgan fingerprint density at radius 1 is 1.08 bits per heavy atom. The average molecular weight is 337 g/mol. The van der Waals surface area contributed by atoms with Crippen molar-refractivity contribution in [3.63, 3.8) is 0 Å². The van der Waals surface area contributed by atoms with Gasteiger partial charge in [0, 0.05) is 28.5 Å². The molecule has 3 rings (SSSR count). The van der Waals surface area contributed by atoms with E-state index in [4.69, 9.17) is 11.6 Å². The number of benzene rings is 2. The Morgan fingerprint density at radius 2 is 1.83 bits per heavy atom. The summed E-state index contributed by atoms with van der Waals surface area (Å²) in [5.41, 5.74) is 1.45. The number of carbonyl (C=O) groups excluding carboxylic acids is 2. The minimum absolute atomic E-state index is 0.251. The van der Waals surface area contributed by atoms with Crippen molar-refractivity contribution < 1.29 is 9.59 Å². The van der Waals surface area contributed by atoms with Crippen molar-refractivity contribution in [2.75, 3.05) is 0 Å². The lowest BCUT2D eigenvalue weighted by Gasteiger charge is -2.09. The van der Waals surface area contributed by atoms with Gasteiger partial charge in [0.15, 0.2) is 11.7 Å². The maximum atomic E-state index is 12.8. The summed E-state index contributed by atoms with van der Waals surface area (Å²) in [5.74, 6) is -2.46. The molecule has 0 N–H and O–H groups in total. The van der Waals surface area contributed by atoms with Gasteiger partial charge in [-0.15, -0.1) is 0 Å². The van der Waals surface area contributed by atoms with E-state index in [9.17, 15) is 14.9 Å². The molecule has 3 aromatic rings. The van der Waals surface area contributed by atoms with Crippen LogP contribution < -0.4 is 0 Å². The summed E-state index contributed by atoms with van der Waals surface area (Å²) in [6.45, 7) is 0. The topological polar surface area (TPSA) is 62.9 Å². The first kappa shape index (κ1) is 16.0. The van der Waals surface area contributed by atoms with E-state index in [1.807, 2.05) is 30.3 Å². The third-order valence-corrected chi connectivity index (χ3v) is 4.20. The van der Waals surface area contributed by atoms with Crippen molar-refractivity contribution in [1.29, 1.82) is 5.26 Å². The highest BCUT2D eigenvalue weighted by molar-refractivity contribution is 6.31. The summed E-state index contributed by atoms with van der Waals surface area (Å²) in [5, 5.41) is 10.7. The quantitative estimate of drug-likeness (QED) is 0.533. The van der Waals surface area contributed by atoms with Crippen LogP contribution in [0.1, 0.15) is 20.8 Å². The highest BCUT2D eigenvalue weighted by Gasteiger charge is 2.30. The third kappa shape index (κ3) is 2.70. The molecule has 0 spiro atoms. The van der Waals surface area contributed by atoms with Crippen LogP contribution in [0, 0.1) is 17.2 Å². The van der Waals surface area contributed by atoms with Crippen LogP contribution >= 0.6 is 11.6 Å². The van der Waals surface area contributed by atoms with Gasteiger partial charge in [-0.3, -0.25) is 9.59 Å². The highest BCUT2D eigenvalue weighted by atomic mass is 35.5. The van der Waals surface area contributed by atoms with Gasteiger partial charge in [-0.2, -0.15) is 5.26 Å². The number of hydrogen-bond acceptors (Lipinski definition) is 3. The number of aromatic nitrogens is 1. The predicted octanol–water partition coefficient (Wildman–Crippen LogP) is 4.04. The number of rotatable bonds is 4. The van der Waals surface area contributed by atoms with Crippen LogP contribution in [0.4, 0.5) is 0 Å². The molecule has 24 heavy (non-hydrogen) atoms. The van der Waals surface area contributed by atoms with Gasteiger partial charge in [-0.25, -0.2) is 0 Å². The van der Waals surface area contributed by atoms with Gasteiger partial charge < -0.3 is 4.57 Å². The van der Waals surface area contributed by atoms with E-state index in [-0.39, 0.29) is 5.56 Å². The monoisotopic (exact) mass is 336 g/mol. The van der Waals surface area contributed by atoms with Crippen LogP contribution in [0.25, 0.3) is 10.9 Å². The van der Waals surface area contributed by atoms with Crippen molar-refractivity contribution >= 4 is 34.1 Å². The van der Waals surface area contributed by atoms with Gasteiger partial charge in [-0.05, 0) is 24.3 Å². The Balaban J connectivity index is 2.01. The number of hydrogen-bond donors (Lipinski definition) is 0. The minimum Gasteiger partial charge on any atom is -0.341 e. The molecule has 118 valence electrons. The van der Waals surface area contributed by atoms with Crippen LogP contribution in [0.3, 0.4) is 0 Å². The normalized spacial score (nSPS) is 11.9. The summed E-state index contributed by atoms with van der Waals surface area (Å²) in [6.07, 6.45) is 0. The fourth-order valence-electron chi connectivity index (χ4n) is 2.72. The molecule has 0 aliphatic carbocycles. The Morgan fingerprint density at radius 3 is 2.50 bits per heavy atom. The molecule has 0 saturated heterocycles. The van der Waals surface area contributed by atoms with Crippen molar-refractivity contribution in [3.05, 3.63) is 70.9 Å². The van der Waals surface area contributed by atoms with E-state index < -0.39 is 17.5 Å². The first-order valence-electron chi connectivity index (χ1n) is 7.31. The molecule has 5 heteroatoms. The number of carbonyl (C=O) groups is 2. The Kier molecular flexibility index (Phi) is 4.20. The average Bonchev–Trinajstić information content (AvgIpc) is 2.92. The van der Waals surface area contributed by atoms with E-state index in [0.29, 0.717) is 10.7 Å². The van der Waals surface area contributed by atoms with Crippen LogP contribution in [-0.4, -0.2) is 16.1 Å². The first-order valence-corrected chi connectivity index (χ1v) is 7.69. The van der Waals surface area contributed by atoms with E-state index >= 15 is 0 Å². The van der Waals surface area contributed by atoms with Crippen LogP contribution in [0.15, 0.2) is 54.6 Å². The summed E-state index contributed by atoms with van der Waals surface area (Å²) in [6, 6.07) is 17.3. The number of ketones is 2. The molecule has 0 unspecified atom stereocenters. The molecule has 0 radical (unpaired) electrons. The van der Waals surface area contributed by atoms with Gasteiger partial charge in [0.1, 0.15) is 0 Å². The number of halogens is 1. The van der Waals surface area contributed by atoms with Crippen LogP contribution in [0.5, 0.6) is 0 Å². The van der Waals surface area contributed by atoms with Crippen molar-refractivity contribution in [3.8, 4) is 6.07 Å². The second kappa shape index (κ2) is 6.31. The Bertz CT molecular complexity index is 998.